The van der Waals surface area contributed by atoms with Crippen molar-refractivity contribution in [2.45, 2.75) is 11.3 Å². The standard InChI is InChI=1S/C26H18F3NO2S/c27-18-3-1-2-17(13-18)22-10-6-19(30-26(31)12-16-4-8-21(33)9-5-16)14-25(22)32-20-7-11-23(28)24(29)15-20/h1-11,13-15,33H,12H2,(H,30,31). The number of ether oxygens (including phenoxy) is 1. The summed E-state index contributed by atoms with van der Waals surface area (Å²) in [6, 6.07) is 21.1. The lowest BCUT2D eigenvalue weighted by atomic mass is 10.0. The number of anilines is 1. The van der Waals surface area contributed by atoms with Crippen LogP contribution in [0.15, 0.2) is 89.8 Å². The summed E-state index contributed by atoms with van der Waals surface area (Å²) < 4.78 is 46.6. The van der Waals surface area contributed by atoms with Gasteiger partial charge in [0, 0.05) is 28.3 Å². The fourth-order valence-electron chi connectivity index (χ4n) is 3.25. The van der Waals surface area contributed by atoms with Crippen molar-refractivity contribution in [1.82, 2.24) is 0 Å². The Morgan fingerprint density at radius 2 is 1.64 bits per heavy atom. The van der Waals surface area contributed by atoms with E-state index in [1.54, 1.807) is 42.5 Å². The van der Waals surface area contributed by atoms with Gasteiger partial charge in [-0.2, -0.15) is 0 Å². The van der Waals surface area contributed by atoms with Crippen LogP contribution in [0.3, 0.4) is 0 Å². The summed E-state index contributed by atoms with van der Waals surface area (Å²) >= 11 is 4.23. The Kier molecular flexibility index (Phi) is 6.70. The monoisotopic (exact) mass is 465 g/mol. The molecular weight excluding hydrogens is 447 g/mol. The Morgan fingerprint density at radius 3 is 2.36 bits per heavy atom. The molecule has 0 saturated heterocycles. The minimum atomic E-state index is -1.06. The quantitative estimate of drug-likeness (QED) is 0.300. The summed E-state index contributed by atoms with van der Waals surface area (Å²) in [7, 11) is 0. The lowest BCUT2D eigenvalue weighted by Crippen LogP contribution is -2.14. The van der Waals surface area contributed by atoms with E-state index < -0.39 is 17.5 Å². The highest BCUT2D eigenvalue weighted by molar-refractivity contribution is 7.80. The van der Waals surface area contributed by atoms with Crippen molar-refractivity contribution in [1.29, 1.82) is 0 Å². The van der Waals surface area contributed by atoms with Gasteiger partial charge in [0.05, 0.1) is 6.42 Å². The van der Waals surface area contributed by atoms with Crippen molar-refractivity contribution in [2.24, 2.45) is 0 Å². The molecule has 1 amide bonds. The number of halogens is 3. The van der Waals surface area contributed by atoms with Gasteiger partial charge in [0.15, 0.2) is 11.6 Å². The van der Waals surface area contributed by atoms with E-state index in [2.05, 4.69) is 17.9 Å². The minimum absolute atomic E-state index is 0.0573. The smallest absolute Gasteiger partial charge is 0.228 e. The average Bonchev–Trinajstić information content (AvgIpc) is 2.78. The highest BCUT2D eigenvalue weighted by Gasteiger charge is 2.13. The van der Waals surface area contributed by atoms with E-state index in [1.165, 1.54) is 18.2 Å². The van der Waals surface area contributed by atoms with Crippen LogP contribution in [0.5, 0.6) is 11.5 Å². The van der Waals surface area contributed by atoms with Crippen LogP contribution >= 0.6 is 12.6 Å². The second-order valence-corrected chi connectivity index (χ2v) is 7.81. The van der Waals surface area contributed by atoms with E-state index in [-0.39, 0.29) is 23.8 Å². The molecule has 0 fully saturated rings. The van der Waals surface area contributed by atoms with Crippen molar-refractivity contribution >= 4 is 24.2 Å². The molecule has 166 valence electrons. The summed E-state index contributed by atoms with van der Waals surface area (Å²) in [6.07, 6.45) is 0.152. The number of carbonyl (C=O) groups is 1. The average molecular weight is 465 g/mol. The normalized spacial score (nSPS) is 10.7. The number of amides is 1. The molecule has 1 N–H and O–H groups in total. The van der Waals surface area contributed by atoms with E-state index >= 15 is 0 Å². The zero-order valence-electron chi connectivity index (χ0n) is 17.2. The van der Waals surface area contributed by atoms with Gasteiger partial charge in [-0.3, -0.25) is 4.79 Å². The third-order valence-electron chi connectivity index (χ3n) is 4.82. The zero-order valence-corrected chi connectivity index (χ0v) is 18.1. The second kappa shape index (κ2) is 9.83. The Labute approximate surface area is 194 Å². The van der Waals surface area contributed by atoms with Gasteiger partial charge >= 0.3 is 0 Å². The summed E-state index contributed by atoms with van der Waals surface area (Å²) in [5.74, 6) is -2.45. The molecule has 0 unspecified atom stereocenters. The Morgan fingerprint density at radius 1 is 0.848 bits per heavy atom. The molecule has 4 aromatic carbocycles. The molecule has 3 nitrogen and oxygen atoms in total. The van der Waals surface area contributed by atoms with Gasteiger partial charge in [0.25, 0.3) is 0 Å². The maximum absolute atomic E-state index is 13.8. The summed E-state index contributed by atoms with van der Waals surface area (Å²) in [5, 5.41) is 2.80. The molecule has 0 aliphatic rings. The lowest BCUT2D eigenvalue weighted by Gasteiger charge is -2.14. The third kappa shape index (κ3) is 5.75. The van der Waals surface area contributed by atoms with Gasteiger partial charge in [-0.1, -0.05) is 24.3 Å². The molecule has 0 heterocycles. The minimum Gasteiger partial charge on any atom is -0.457 e. The molecule has 0 aromatic heterocycles. The first kappa shape index (κ1) is 22.5. The molecular formula is C26H18F3NO2S. The molecule has 33 heavy (non-hydrogen) atoms. The van der Waals surface area contributed by atoms with Gasteiger partial charge in [-0.25, -0.2) is 13.2 Å². The number of hydrogen-bond donors (Lipinski definition) is 2. The van der Waals surface area contributed by atoms with Gasteiger partial charge in [-0.15, -0.1) is 12.6 Å². The first-order chi connectivity index (χ1) is 15.9. The van der Waals surface area contributed by atoms with Gasteiger partial charge in [-0.05, 0) is 59.7 Å². The largest absolute Gasteiger partial charge is 0.457 e. The van der Waals surface area contributed by atoms with Crippen molar-refractivity contribution in [3.8, 4) is 22.6 Å². The summed E-state index contributed by atoms with van der Waals surface area (Å²) in [6.45, 7) is 0. The molecule has 7 heteroatoms. The Balaban J connectivity index is 1.63. The number of nitrogens with one attached hydrogen (secondary N) is 1. The van der Waals surface area contributed by atoms with Crippen LogP contribution in [-0.2, 0) is 11.2 Å². The second-order valence-electron chi connectivity index (χ2n) is 7.29. The Hall–Kier alpha value is -3.71. The molecule has 0 bridgehead atoms. The molecule has 4 aromatic rings. The van der Waals surface area contributed by atoms with E-state index in [4.69, 9.17) is 4.74 Å². The molecule has 0 spiro atoms. The van der Waals surface area contributed by atoms with Gasteiger partial charge in [0.1, 0.15) is 17.3 Å². The highest BCUT2D eigenvalue weighted by atomic mass is 32.1. The van der Waals surface area contributed by atoms with Crippen LogP contribution in [0.4, 0.5) is 18.9 Å². The molecule has 0 aliphatic heterocycles. The number of carbonyl (C=O) groups excluding carboxylic acids is 1. The molecule has 0 atom stereocenters. The molecule has 0 aliphatic carbocycles. The number of rotatable bonds is 6. The van der Waals surface area contributed by atoms with Crippen molar-refractivity contribution in [3.05, 3.63) is 108 Å². The van der Waals surface area contributed by atoms with Crippen LogP contribution in [0.2, 0.25) is 0 Å². The first-order valence-electron chi connectivity index (χ1n) is 9.98. The molecule has 0 radical (unpaired) electrons. The van der Waals surface area contributed by atoms with E-state index in [0.717, 1.165) is 22.6 Å². The zero-order chi connectivity index (χ0) is 23.4. The predicted molar refractivity (Wildman–Crippen MR) is 124 cm³/mol. The summed E-state index contributed by atoms with van der Waals surface area (Å²) in [5.41, 5.74) is 2.29. The topological polar surface area (TPSA) is 38.3 Å². The predicted octanol–water partition coefficient (Wildman–Crippen LogP) is 7.03. The third-order valence-corrected chi connectivity index (χ3v) is 5.12. The van der Waals surface area contributed by atoms with Gasteiger partial charge in [0.2, 0.25) is 5.91 Å². The van der Waals surface area contributed by atoms with E-state index in [9.17, 15) is 18.0 Å². The van der Waals surface area contributed by atoms with Crippen molar-refractivity contribution in [3.63, 3.8) is 0 Å². The first-order valence-corrected chi connectivity index (χ1v) is 10.4. The maximum Gasteiger partial charge on any atom is 0.228 e. The van der Waals surface area contributed by atoms with E-state index in [0.29, 0.717) is 16.8 Å². The number of benzene rings is 4. The Bertz CT molecular complexity index is 1310. The molecule has 0 saturated carbocycles. The number of hydrogen-bond acceptors (Lipinski definition) is 3. The van der Waals surface area contributed by atoms with E-state index in [1.807, 2.05) is 12.1 Å². The molecule has 4 rings (SSSR count). The van der Waals surface area contributed by atoms with Crippen molar-refractivity contribution in [2.75, 3.05) is 5.32 Å². The SMILES string of the molecule is O=C(Cc1ccc(S)cc1)Nc1ccc(-c2cccc(F)c2)c(Oc2ccc(F)c(F)c2)c1. The van der Waals surface area contributed by atoms with Crippen LogP contribution < -0.4 is 10.1 Å². The fourth-order valence-corrected chi connectivity index (χ4v) is 3.40. The van der Waals surface area contributed by atoms with Crippen LogP contribution in [0.25, 0.3) is 11.1 Å². The van der Waals surface area contributed by atoms with Crippen LogP contribution in [-0.4, -0.2) is 5.91 Å². The lowest BCUT2D eigenvalue weighted by molar-refractivity contribution is -0.115. The summed E-state index contributed by atoms with van der Waals surface area (Å²) in [4.78, 5) is 13.3. The van der Waals surface area contributed by atoms with Crippen LogP contribution in [0.1, 0.15) is 5.56 Å². The van der Waals surface area contributed by atoms with Crippen molar-refractivity contribution < 1.29 is 22.7 Å². The fraction of sp³-hybridized carbons (Fsp3) is 0.0385. The number of thiol groups is 1. The van der Waals surface area contributed by atoms with Gasteiger partial charge < -0.3 is 10.1 Å². The highest BCUT2D eigenvalue weighted by Crippen LogP contribution is 2.36. The maximum atomic E-state index is 13.8. The van der Waals surface area contributed by atoms with Crippen LogP contribution in [0, 0.1) is 17.5 Å².